The standard InChI is InChI=1S/C16H16Cl3NO/c1-10(20)7-11-5-6-15(14(18)8-11)21-9-12-3-2-4-13(17)16(12)19/h2-6,8,10H,7,9,20H2,1H3. The Morgan fingerprint density at radius 1 is 1.10 bits per heavy atom. The molecule has 0 amide bonds. The smallest absolute Gasteiger partial charge is 0.138 e. The number of rotatable bonds is 5. The molecule has 0 aliphatic rings. The van der Waals surface area contributed by atoms with Gasteiger partial charge < -0.3 is 10.5 Å². The van der Waals surface area contributed by atoms with Gasteiger partial charge in [0.15, 0.2) is 0 Å². The van der Waals surface area contributed by atoms with Crippen LogP contribution in [0.4, 0.5) is 0 Å². The Labute approximate surface area is 139 Å². The maximum absolute atomic E-state index is 6.23. The lowest BCUT2D eigenvalue weighted by Crippen LogP contribution is -2.17. The molecule has 0 spiro atoms. The third-order valence-corrected chi connectivity index (χ3v) is 4.12. The van der Waals surface area contributed by atoms with Gasteiger partial charge in [0, 0.05) is 11.6 Å². The van der Waals surface area contributed by atoms with Gasteiger partial charge in [0.25, 0.3) is 0 Å². The average Bonchev–Trinajstić information content (AvgIpc) is 2.41. The van der Waals surface area contributed by atoms with E-state index in [2.05, 4.69) is 0 Å². The molecule has 0 radical (unpaired) electrons. The van der Waals surface area contributed by atoms with Crippen LogP contribution in [0.3, 0.4) is 0 Å². The van der Waals surface area contributed by atoms with Crippen LogP contribution in [0.25, 0.3) is 0 Å². The summed E-state index contributed by atoms with van der Waals surface area (Å²) in [5.74, 6) is 0.612. The van der Waals surface area contributed by atoms with Gasteiger partial charge >= 0.3 is 0 Å². The van der Waals surface area contributed by atoms with Gasteiger partial charge in [-0.2, -0.15) is 0 Å². The van der Waals surface area contributed by atoms with Crippen LogP contribution in [-0.4, -0.2) is 6.04 Å². The van der Waals surface area contributed by atoms with Crippen molar-refractivity contribution in [1.82, 2.24) is 0 Å². The predicted molar refractivity (Wildman–Crippen MR) is 89.6 cm³/mol. The largest absolute Gasteiger partial charge is 0.487 e. The number of hydrogen-bond donors (Lipinski definition) is 1. The minimum atomic E-state index is 0.0955. The first-order valence-corrected chi connectivity index (χ1v) is 7.70. The number of ether oxygens (including phenoxy) is 1. The molecule has 0 aliphatic heterocycles. The van der Waals surface area contributed by atoms with E-state index in [-0.39, 0.29) is 6.04 Å². The van der Waals surface area contributed by atoms with Crippen molar-refractivity contribution in [3.63, 3.8) is 0 Å². The number of nitrogens with two attached hydrogens (primary N) is 1. The Balaban J connectivity index is 2.08. The second-order valence-corrected chi connectivity index (χ2v) is 6.14. The van der Waals surface area contributed by atoms with Gasteiger partial charge in [0.1, 0.15) is 12.4 Å². The third kappa shape index (κ3) is 4.52. The van der Waals surface area contributed by atoms with Gasteiger partial charge in [0.05, 0.1) is 15.1 Å². The molecular weight excluding hydrogens is 329 g/mol. The molecule has 21 heavy (non-hydrogen) atoms. The lowest BCUT2D eigenvalue weighted by Gasteiger charge is -2.12. The summed E-state index contributed by atoms with van der Waals surface area (Å²) < 4.78 is 5.71. The van der Waals surface area contributed by atoms with Crippen molar-refractivity contribution in [3.05, 3.63) is 62.6 Å². The van der Waals surface area contributed by atoms with E-state index in [0.717, 1.165) is 17.5 Å². The zero-order valence-electron chi connectivity index (χ0n) is 11.6. The zero-order chi connectivity index (χ0) is 15.4. The molecule has 2 N–H and O–H groups in total. The molecule has 2 aromatic carbocycles. The summed E-state index contributed by atoms with van der Waals surface area (Å²) in [5, 5.41) is 1.58. The Hall–Kier alpha value is -0.930. The number of benzene rings is 2. The van der Waals surface area contributed by atoms with Gasteiger partial charge in [0.2, 0.25) is 0 Å². The zero-order valence-corrected chi connectivity index (χ0v) is 13.8. The van der Waals surface area contributed by atoms with Crippen molar-refractivity contribution in [2.24, 2.45) is 5.73 Å². The van der Waals surface area contributed by atoms with E-state index < -0.39 is 0 Å². The normalized spacial score (nSPS) is 12.2. The third-order valence-electron chi connectivity index (χ3n) is 2.97. The van der Waals surface area contributed by atoms with E-state index in [4.69, 9.17) is 45.3 Å². The highest BCUT2D eigenvalue weighted by molar-refractivity contribution is 6.42. The van der Waals surface area contributed by atoms with E-state index in [1.807, 2.05) is 37.3 Å². The predicted octanol–water partition coefficient (Wildman–Crippen LogP) is 5.12. The molecule has 0 fully saturated rings. The fourth-order valence-corrected chi connectivity index (χ4v) is 2.61. The van der Waals surface area contributed by atoms with Gasteiger partial charge in [-0.15, -0.1) is 0 Å². The highest BCUT2D eigenvalue weighted by atomic mass is 35.5. The lowest BCUT2D eigenvalue weighted by atomic mass is 10.1. The first kappa shape index (κ1) is 16.4. The number of halogens is 3. The molecule has 0 bridgehead atoms. The van der Waals surface area contributed by atoms with Crippen LogP contribution in [-0.2, 0) is 13.0 Å². The Morgan fingerprint density at radius 2 is 1.86 bits per heavy atom. The Morgan fingerprint density at radius 3 is 2.52 bits per heavy atom. The van der Waals surface area contributed by atoms with Crippen molar-refractivity contribution < 1.29 is 4.74 Å². The van der Waals surface area contributed by atoms with Gasteiger partial charge in [-0.25, -0.2) is 0 Å². The maximum atomic E-state index is 6.23. The molecular formula is C16H16Cl3NO. The number of hydrogen-bond acceptors (Lipinski definition) is 2. The second-order valence-electron chi connectivity index (χ2n) is 4.95. The summed E-state index contributed by atoms with van der Waals surface area (Å²) in [4.78, 5) is 0. The molecule has 0 heterocycles. The Bertz CT molecular complexity index is 629. The maximum Gasteiger partial charge on any atom is 0.138 e. The summed E-state index contributed by atoms with van der Waals surface area (Å²) in [5.41, 5.74) is 7.68. The monoisotopic (exact) mass is 343 g/mol. The van der Waals surface area contributed by atoms with Crippen LogP contribution in [0.5, 0.6) is 5.75 Å². The van der Waals surface area contributed by atoms with Crippen LogP contribution in [0.15, 0.2) is 36.4 Å². The first-order chi connectivity index (χ1) is 9.97. The summed E-state index contributed by atoms with van der Waals surface area (Å²) in [6.07, 6.45) is 0.778. The van der Waals surface area contributed by atoms with Crippen LogP contribution in [0.2, 0.25) is 15.1 Å². The SMILES string of the molecule is CC(N)Cc1ccc(OCc2cccc(Cl)c2Cl)c(Cl)c1. The van der Waals surface area contributed by atoms with Crippen LogP contribution in [0.1, 0.15) is 18.1 Å². The molecule has 0 saturated carbocycles. The minimum absolute atomic E-state index is 0.0955. The van der Waals surface area contributed by atoms with Crippen molar-refractivity contribution in [2.45, 2.75) is 26.0 Å². The van der Waals surface area contributed by atoms with Crippen molar-refractivity contribution in [3.8, 4) is 5.75 Å². The second kappa shape index (κ2) is 7.37. The van der Waals surface area contributed by atoms with Crippen molar-refractivity contribution >= 4 is 34.8 Å². The fraction of sp³-hybridized carbons (Fsp3) is 0.250. The minimum Gasteiger partial charge on any atom is -0.487 e. The summed E-state index contributed by atoms with van der Waals surface area (Å²) in [6, 6.07) is 11.2. The van der Waals surface area contributed by atoms with Gasteiger partial charge in [-0.1, -0.05) is 53.0 Å². The average molecular weight is 345 g/mol. The molecule has 0 saturated heterocycles. The topological polar surface area (TPSA) is 35.2 Å². The quantitative estimate of drug-likeness (QED) is 0.817. The highest BCUT2D eigenvalue weighted by Crippen LogP contribution is 2.29. The Kier molecular flexibility index (Phi) is 5.77. The van der Waals surface area contributed by atoms with Crippen molar-refractivity contribution in [1.29, 1.82) is 0 Å². The van der Waals surface area contributed by atoms with E-state index in [0.29, 0.717) is 27.4 Å². The fourth-order valence-electron chi connectivity index (χ4n) is 1.98. The van der Waals surface area contributed by atoms with E-state index in [1.165, 1.54) is 0 Å². The van der Waals surface area contributed by atoms with Crippen LogP contribution >= 0.6 is 34.8 Å². The molecule has 5 heteroatoms. The van der Waals surface area contributed by atoms with Crippen LogP contribution < -0.4 is 10.5 Å². The molecule has 2 nitrogen and oxygen atoms in total. The molecule has 0 aliphatic carbocycles. The van der Waals surface area contributed by atoms with E-state index >= 15 is 0 Å². The molecule has 112 valence electrons. The molecule has 2 aromatic rings. The van der Waals surface area contributed by atoms with E-state index in [1.54, 1.807) is 6.07 Å². The molecule has 1 atom stereocenters. The molecule has 1 unspecified atom stereocenters. The summed E-state index contributed by atoms with van der Waals surface area (Å²) >= 11 is 18.3. The molecule has 2 rings (SSSR count). The lowest BCUT2D eigenvalue weighted by molar-refractivity contribution is 0.306. The van der Waals surface area contributed by atoms with Crippen molar-refractivity contribution in [2.75, 3.05) is 0 Å². The summed E-state index contributed by atoms with van der Waals surface area (Å²) in [6.45, 7) is 2.27. The highest BCUT2D eigenvalue weighted by Gasteiger charge is 2.08. The van der Waals surface area contributed by atoms with E-state index in [9.17, 15) is 0 Å². The first-order valence-electron chi connectivity index (χ1n) is 6.57. The van der Waals surface area contributed by atoms with Gasteiger partial charge in [-0.3, -0.25) is 0 Å². The van der Waals surface area contributed by atoms with Gasteiger partial charge in [-0.05, 0) is 37.1 Å². The van der Waals surface area contributed by atoms with Crippen LogP contribution in [0, 0.1) is 0 Å². The molecule has 0 aromatic heterocycles. The summed E-state index contributed by atoms with van der Waals surface area (Å²) in [7, 11) is 0.